The molecule has 1 saturated heterocycles. The average Bonchev–Trinajstić information content (AvgIpc) is 2.16. The van der Waals surface area contributed by atoms with Crippen LogP contribution in [0.4, 0.5) is 0 Å². The van der Waals surface area contributed by atoms with Gasteiger partial charge in [-0.2, -0.15) is 0 Å². The second-order valence-corrected chi connectivity index (χ2v) is 3.15. The maximum absolute atomic E-state index is 3.23. The molecule has 12 heavy (non-hydrogen) atoms. The van der Waals surface area contributed by atoms with Gasteiger partial charge in [0.25, 0.3) is 0 Å². The van der Waals surface area contributed by atoms with E-state index in [1.807, 2.05) is 14.1 Å². The first kappa shape index (κ1) is 9.92. The number of hydrogen-bond acceptors (Lipinski definition) is 4. The summed E-state index contributed by atoms with van der Waals surface area (Å²) in [7, 11) is 3.99. The lowest BCUT2D eigenvalue weighted by molar-refractivity contribution is 0.0193. The van der Waals surface area contributed by atoms with E-state index >= 15 is 0 Å². The standard InChI is InChI=1S/C8H20N4/c1-4-8-7-11(9-2)5-6-12(8)10-3/h8-10H,4-7H2,1-3H3. The van der Waals surface area contributed by atoms with E-state index in [2.05, 4.69) is 27.8 Å². The van der Waals surface area contributed by atoms with Crippen LogP contribution in [0.3, 0.4) is 0 Å². The smallest absolute Gasteiger partial charge is 0.0382 e. The first-order valence-electron chi connectivity index (χ1n) is 4.68. The van der Waals surface area contributed by atoms with E-state index in [0.29, 0.717) is 6.04 Å². The van der Waals surface area contributed by atoms with Crippen LogP contribution in [0.2, 0.25) is 0 Å². The van der Waals surface area contributed by atoms with Crippen LogP contribution in [0, 0.1) is 0 Å². The molecule has 1 atom stereocenters. The lowest BCUT2D eigenvalue weighted by Crippen LogP contribution is -2.59. The van der Waals surface area contributed by atoms with Crippen molar-refractivity contribution in [3.8, 4) is 0 Å². The van der Waals surface area contributed by atoms with E-state index in [4.69, 9.17) is 0 Å². The summed E-state index contributed by atoms with van der Waals surface area (Å²) in [4.78, 5) is 0. The highest BCUT2D eigenvalue weighted by Crippen LogP contribution is 2.07. The van der Waals surface area contributed by atoms with Crippen LogP contribution in [-0.2, 0) is 0 Å². The summed E-state index contributed by atoms with van der Waals surface area (Å²) in [6.07, 6.45) is 1.19. The molecule has 2 N–H and O–H groups in total. The van der Waals surface area contributed by atoms with Crippen LogP contribution in [0.1, 0.15) is 13.3 Å². The van der Waals surface area contributed by atoms with Gasteiger partial charge < -0.3 is 0 Å². The molecule has 0 bridgehead atoms. The Labute approximate surface area is 74.8 Å². The predicted octanol–water partition coefficient (Wildman–Crippen LogP) is -0.349. The van der Waals surface area contributed by atoms with Crippen LogP contribution in [0.25, 0.3) is 0 Å². The van der Waals surface area contributed by atoms with E-state index < -0.39 is 0 Å². The summed E-state index contributed by atoms with van der Waals surface area (Å²) in [5.74, 6) is 0. The lowest BCUT2D eigenvalue weighted by Gasteiger charge is -2.40. The maximum Gasteiger partial charge on any atom is 0.0382 e. The topological polar surface area (TPSA) is 30.5 Å². The molecular formula is C8H20N4. The Morgan fingerprint density at radius 2 is 2.00 bits per heavy atom. The van der Waals surface area contributed by atoms with Gasteiger partial charge in [0.15, 0.2) is 0 Å². The second kappa shape index (κ2) is 4.77. The van der Waals surface area contributed by atoms with E-state index in [1.54, 1.807) is 0 Å². The Balaban J connectivity index is 2.41. The third-order valence-electron chi connectivity index (χ3n) is 2.56. The highest BCUT2D eigenvalue weighted by molar-refractivity contribution is 4.76. The number of nitrogens with one attached hydrogen (secondary N) is 2. The summed E-state index contributed by atoms with van der Waals surface area (Å²) in [6, 6.07) is 0.635. The van der Waals surface area contributed by atoms with Gasteiger partial charge >= 0.3 is 0 Å². The van der Waals surface area contributed by atoms with Crippen molar-refractivity contribution in [3.05, 3.63) is 0 Å². The zero-order chi connectivity index (χ0) is 8.97. The van der Waals surface area contributed by atoms with Crippen molar-refractivity contribution in [2.75, 3.05) is 33.7 Å². The number of hydrogen-bond donors (Lipinski definition) is 2. The highest BCUT2D eigenvalue weighted by Gasteiger charge is 2.23. The van der Waals surface area contributed by atoms with E-state index in [1.165, 1.54) is 6.42 Å². The van der Waals surface area contributed by atoms with Crippen molar-refractivity contribution >= 4 is 0 Å². The molecule has 1 fully saturated rings. The molecule has 0 aliphatic carbocycles. The predicted molar refractivity (Wildman–Crippen MR) is 50.5 cm³/mol. The normalized spacial score (nSPS) is 27.8. The number of hydrazine groups is 2. The summed E-state index contributed by atoms with van der Waals surface area (Å²) < 4.78 is 0. The number of piperazine rings is 1. The van der Waals surface area contributed by atoms with E-state index in [0.717, 1.165) is 19.6 Å². The summed E-state index contributed by atoms with van der Waals surface area (Å²) in [6.45, 7) is 5.52. The minimum Gasteiger partial charge on any atom is -0.258 e. The van der Waals surface area contributed by atoms with Gasteiger partial charge in [-0.3, -0.25) is 10.9 Å². The Bertz CT molecular complexity index is 128. The number of rotatable bonds is 3. The van der Waals surface area contributed by atoms with Crippen LogP contribution in [0.5, 0.6) is 0 Å². The SMILES string of the molecule is CCC1CN(NC)CCN1NC. The number of nitrogens with zero attached hydrogens (tertiary/aromatic N) is 2. The molecule has 1 aliphatic rings. The monoisotopic (exact) mass is 172 g/mol. The molecular weight excluding hydrogens is 152 g/mol. The fourth-order valence-electron chi connectivity index (χ4n) is 1.70. The van der Waals surface area contributed by atoms with Crippen molar-refractivity contribution < 1.29 is 0 Å². The zero-order valence-corrected chi connectivity index (χ0v) is 8.30. The van der Waals surface area contributed by atoms with Crippen LogP contribution >= 0.6 is 0 Å². The van der Waals surface area contributed by atoms with Gasteiger partial charge in [0.05, 0.1) is 0 Å². The molecule has 1 aliphatic heterocycles. The Kier molecular flexibility index (Phi) is 3.94. The van der Waals surface area contributed by atoms with Gasteiger partial charge in [-0.25, -0.2) is 10.0 Å². The second-order valence-electron chi connectivity index (χ2n) is 3.15. The van der Waals surface area contributed by atoms with Crippen LogP contribution in [-0.4, -0.2) is 49.8 Å². The largest absolute Gasteiger partial charge is 0.258 e. The molecule has 4 heteroatoms. The van der Waals surface area contributed by atoms with Crippen molar-refractivity contribution in [2.24, 2.45) is 0 Å². The molecule has 0 amide bonds. The molecule has 0 saturated carbocycles. The zero-order valence-electron chi connectivity index (χ0n) is 8.30. The Morgan fingerprint density at radius 1 is 1.25 bits per heavy atom. The van der Waals surface area contributed by atoms with Crippen LogP contribution < -0.4 is 10.9 Å². The quantitative estimate of drug-likeness (QED) is 0.609. The van der Waals surface area contributed by atoms with Gasteiger partial charge in [-0.15, -0.1) is 0 Å². The van der Waals surface area contributed by atoms with Gasteiger partial charge in [0.2, 0.25) is 0 Å². The third-order valence-corrected chi connectivity index (χ3v) is 2.56. The molecule has 4 nitrogen and oxygen atoms in total. The maximum atomic E-state index is 3.23. The van der Waals surface area contributed by atoms with Gasteiger partial charge in [-0.1, -0.05) is 6.92 Å². The summed E-state index contributed by atoms with van der Waals surface area (Å²) in [5.41, 5.74) is 6.42. The van der Waals surface area contributed by atoms with Crippen molar-refractivity contribution in [3.63, 3.8) is 0 Å². The molecule has 0 spiro atoms. The first-order valence-corrected chi connectivity index (χ1v) is 4.68. The van der Waals surface area contributed by atoms with E-state index in [-0.39, 0.29) is 0 Å². The Morgan fingerprint density at radius 3 is 2.50 bits per heavy atom. The molecule has 1 unspecified atom stereocenters. The van der Waals surface area contributed by atoms with E-state index in [9.17, 15) is 0 Å². The molecule has 1 rings (SSSR count). The minimum absolute atomic E-state index is 0.635. The molecule has 0 radical (unpaired) electrons. The minimum atomic E-state index is 0.635. The average molecular weight is 172 g/mol. The first-order chi connectivity index (χ1) is 5.81. The van der Waals surface area contributed by atoms with Crippen molar-refractivity contribution in [1.29, 1.82) is 0 Å². The lowest BCUT2D eigenvalue weighted by atomic mass is 10.2. The van der Waals surface area contributed by atoms with Crippen molar-refractivity contribution in [1.82, 2.24) is 20.9 Å². The molecule has 1 heterocycles. The third kappa shape index (κ3) is 2.17. The van der Waals surface area contributed by atoms with Crippen LogP contribution in [0.15, 0.2) is 0 Å². The molecule has 0 aromatic carbocycles. The summed E-state index contributed by atoms with van der Waals surface area (Å²) in [5, 5.41) is 4.58. The fraction of sp³-hybridized carbons (Fsp3) is 1.00. The fourth-order valence-corrected chi connectivity index (χ4v) is 1.70. The van der Waals surface area contributed by atoms with Gasteiger partial charge in [-0.05, 0) is 20.5 Å². The summed E-state index contributed by atoms with van der Waals surface area (Å²) >= 11 is 0. The molecule has 0 aromatic heterocycles. The van der Waals surface area contributed by atoms with Gasteiger partial charge in [0.1, 0.15) is 0 Å². The molecule has 0 aromatic rings. The van der Waals surface area contributed by atoms with Crippen molar-refractivity contribution in [2.45, 2.75) is 19.4 Å². The van der Waals surface area contributed by atoms with Gasteiger partial charge in [0, 0.05) is 25.7 Å². The highest BCUT2D eigenvalue weighted by atomic mass is 15.6. The molecule has 72 valence electrons. The Hall–Kier alpha value is -0.160.